The lowest BCUT2D eigenvalue weighted by Crippen LogP contribution is -2.38. The highest BCUT2D eigenvalue weighted by Gasteiger charge is 2.09. The van der Waals surface area contributed by atoms with Crippen molar-refractivity contribution in [3.63, 3.8) is 0 Å². The van der Waals surface area contributed by atoms with Crippen LogP contribution in [0.1, 0.15) is 27.2 Å². The van der Waals surface area contributed by atoms with Crippen molar-refractivity contribution in [3.8, 4) is 0 Å². The van der Waals surface area contributed by atoms with Crippen molar-refractivity contribution >= 4 is 0 Å². The summed E-state index contributed by atoms with van der Waals surface area (Å²) in [7, 11) is 0. The molecule has 0 fully saturated rings. The molecule has 0 saturated carbocycles. The summed E-state index contributed by atoms with van der Waals surface area (Å²) in [6, 6.07) is 0.199. The Hall–Kier alpha value is -0.120. The molecule has 0 aromatic carbocycles. The normalized spacial score (nSPS) is 13.6. The maximum absolute atomic E-state index is 9.00. The van der Waals surface area contributed by atoms with E-state index in [2.05, 4.69) is 26.1 Å². The molecule has 0 saturated heterocycles. The van der Waals surface area contributed by atoms with E-state index in [1.54, 1.807) is 0 Å². The lowest BCUT2D eigenvalue weighted by atomic mass is 10.1. The molecule has 1 atom stereocenters. The zero-order chi connectivity index (χ0) is 10.1. The van der Waals surface area contributed by atoms with Gasteiger partial charge in [0.1, 0.15) is 0 Å². The minimum absolute atomic E-state index is 0.199. The van der Waals surface area contributed by atoms with Crippen LogP contribution in [0.25, 0.3) is 0 Å². The molecule has 0 heterocycles. The van der Waals surface area contributed by atoms with Gasteiger partial charge in [-0.2, -0.15) is 0 Å². The molecule has 0 rings (SSSR count). The van der Waals surface area contributed by atoms with Gasteiger partial charge < -0.3 is 15.2 Å². The zero-order valence-electron chi connectivity index (χ0n) is 9.05. The van der Waals surface area contributed by atoms with E-state index in [9.17, 15) is 0 Å². The van der Waals surface area contributed by atoms with Gasteiger partial charge in [-0.1, -0.05) is 20.8 Å². The quantitative estimate of drug-likeness (QED) is 0.560. The highest BCUT2D eigenvalue weighted by atomic mass is 16.5. The highest BCUT2D eigenvalue weighted by Crippen LogP contribution is 1.99. The fourth-order valence-electron chi connectivity index (χ4n) is 1.07. The predicted molar refractivity (Wildman–Crippen MR) is 54.8 cm³/mol. The fraction of sp³-hybridized carbons (Fsp3) is 1.00. The van der Waals surface area contributed by atoms with E-state index in [4.69, 9.17) is 9.84 Å². The average molecular weight is 189 g/mol. The summed E-state index contributed by atoms with van der Waals surface area (Å²) >= 11 is 0. The van der Waals surface area contributed by atoms with E-state index in [0.29, 0.717) is 5.92 Å². The van der Waals surface area contributed by atoms with Gasteiger partial charge >= 0.3 is 0 Å². The maximum Gasteiger partial charge on any atom is 0.0591 e. The first kappa shape index (κ1) is 12.9. The largest absolute Gasteiger partial charge is 0.395 e. The van der Waals surface area contributed by atoms with Gasteiger partial charge in [-0.25, -0.2) is 0 Å². The first-order chi connectivity index (χ1) is 6.22. The zero-order valence-corrected chi connectivity index (χ0v) is 9.05. The maximum atomic E-state index is 9.00. The molecule has 0 aliphatic carbocycles. The molecule has 0 aliphatic rings. The Labute approximate surface area is 81.5 Å². The van der Waals surface area contributed by atoms with Gasteiger partial charge in [0.2, 0.25) is 0 Å². The number of ether oxygens (including phenoxy) is 1. The van der Waals surface area contributed by atoms with Gasteiger partial charge in [-0.15, -0.1) is 0 Å². The van der Waals surface area contributed by atoms with Gasteiger partial charge in [-0.3, -0.25) is 0 Å². The second-order valence-electron chi connectivity index (χ2n) is 3.60. The number of hydrogen-bond acceptors (Lipinski definition) is 3. The Balaban J connectivity index is 3.28. The van der Waals surface area contributed by atoms with Gasteiger partial charge in [0.15, 0.2) is 0 Å². The number of rotatable bonds is 8. The molecule has 0 amide bonds. The minimum Gasteiger partial charge on any atom is -0.395 e. The summed E-state index contributed by atoms with van der Waals surface area (Å²) in [5.74, 6) is 0.469. The standard InChI is InChI=1S/C10H23NO2/c1-4-6-13-7-5-11-10(8-12)9(2)3/h9-12H,4-8H2,1-3H3. The van der Waals surface area contributed by atoms with Crippen LogP contribution in [0.2, 0.25) is 0 Å². The van der Waals surface area contributed by atoms with Crippen molar-refractivity contribution in [2.45, 2.75) is 33.2 Å². The summed E-state index contributed by atoms with van der Waals surface area (Å²) in [5, 5.41) is 12.2. The SMILES string of the molecule is CCCOCCNC(CO)C(C)C. The monoisotopic (exact) mass is 189 g/mol. The molecule has 3 nitrogen and oxygen atoms in total. The van der Waals surface area contributed by atoms with Gasteiger partial charge in [0.05, 0.1) is 13.2 Å². The molecule has 2 N–H and O–H groups in total. The van der Waals surface area contributed by atoms with Crippen molar-refractivity contribution in [1.82, 2.24) is 5.32 Å². The van der Waals surface area contributed by atoms with Gasteiger partial charge in [0, 0.05) is 19.2 Å². The molecule has 0 aromatic rings. The van der Waals surface area contributed by atoms with Crippen LogP contribution in [-0.2, 0) is 4.74 Å². The molecule has 0 spiro atoms. The van der Waals surface area contributed by atoms with Crippen LogP contribution in [0, 0.1) is 5.92 Å². The second kappa shape index (κ2) is 8.48. The Morgan fingerprint density at radius 2 is 2.00 bits per heavy atom. The van der Waals surface area contributed by atoms with Gasteiger partial charge in [0.25, 0.3) is 0 Å². The summed E-state index contributed by atoms with van der Waals surface area (Å²) < 4.78 is 5.31. The van der Waals surface area contributed by atoms with E-state index in [0.717, 1.165) is 26.2 Å². The van der Waals surface area contributed by atoms with E-state index in [1.807, 2.05) is 0 Å². The first-order valence-corrected chi connectivity index (χ1v) is 5.14. The third-order valence-electron chi connectivity index (χ3n) is 2.00. The molecule has 0 aliphatic heterocycles. The summed E-state index contributed by atoms with van der Waals surface area (Å²) in [6.07, 6.45) is 1.06. The topological polar surface area (TPSA) is 41.5 Å². The van der Waals surface area contributed by atoms with Crippen molar-refractivity contribution in [1.29, 1.82) is 0 Å². The van der Waals surface area contributed by atoms with Crippen LogP contribution in [0.5, 0.6) is 0 Å². The van der Waals surface area contributed by atoms with Crippen molar-refractivity contribution in [2.75, 3.05) is 26.4 Å². The summed E-state index contributed by atoms with van der Waals surface area (Å²) in [5.41, 5.74) is 0. The van der Waals surface area contributed by atoms with Crippen molar-refractivity contribution < 1.29 is 9.84 Å². The van der Waals surface area contributed by atoms with E-state index < -0.39 is 0 Å². The van der Waals surface area contributed by atoms with Crippen LogP contribution in [0.3, 0.4) is 0 Å². The van der Waals surface area contributed by atoms with Crippen LogP contribution in [0.15, 0.2) is 0 Å². The van der Waals surface area contributed by atoms with E-state index in [-0.39, 0.29) is 12.6 Å². The Morgan fingerprint density at radius 1 is 1.31 bits per heavy atom. The molecule has 3 heteroatoms. The molecule has 0 aromatic heterocycles. The predicted octanol–water partition coefficient (Wildman–Crippen LogP) is 1.02. The first-order valence-electron chi connectivity index (χ1n) is 5.14. The van der Waals surface area contributed by atoms with Crippen LogP contribution < -0.4 is 5.32 Å². The van der Waals surface area contributed by atoms with Crippen LogP contribution >= 0.6 is 0 Å². The summed E-state index contributed by atoms with van der Waals surface area (Å²) in [6.45, 7) is 8.87. The molecular formula is C10H23NO2. The Bertz CT molecular complexity index is 107. The lowest BCUT2D eigenvalue weighted by molar-refractivity contribution is 0.126. The average Bonchev–Trinajstić information content (AvgIpc) is 2.10. The van der Waals surface area contributed by atoms with Crippen molar-refractivity contribution in [2.24, 2.45) is 5.92 Å². The molecule has 13 heavy (non-hydrogen) atoms. The van der Waals surface area contributed by atoms with Crippen LogP contribution in [-0.4, -0.2) is 37.5 Å². The third kappa shape index (κ3) is 6.99. The molecule has 80 valence electrons. The minimum atomic E-state index is 0.199. The Kier molecular flexibility index (Phi) is 8.40. The van der Waals surface area contributed by atoms with Gasteiger partial charge in [-0.05, 0) is 12.3 Å². The van der Waals surface area contributed by atoms with E-state index >= 15 is 0 Å². The number of aliphatic hydroxyl groups is 1. The lowest BCUT2D eigenvalue weighted by Gasteiger charge is -2.19. The number of hydrogen-bond donors (Lipinski definition) is 2. The highest BCUT2D eigenvalue weighted by molar-refractivity contribution is 4.68. The summed E-state index contributed by atoms with van der Waals surface area (Å²) in [4.78, 5) is 0. The molecular weight excluding hydrogens is 166 g/mol. The van der Waals surface area contributed by atoms with Crippen molar-refractivity contribution in [3.05, 3.63) is 0 Å². The molecule has 0 radical (unpaired) electrons. The van der Waals surface area contributed by atoms with Crippen LogP contribution in [0.4, 0.5) is 0 Å². The Morgan fingerprint density at radius 3 is 2.46 bits per heavy atom. The number of aliphatic hydroxyl groups excluding tert-OH is 1. The fourth-order valence-corrected chi connectivity index (χ4v) is 1.07. The second-order valence-corrected chi connectivity index (χ2v) is 3.60. The molecule has 0 bridgehead atoms. The third-order valence-corrected chi connectivity index (χ3v) is 2.00. The molecule has 1 unspecified atom stereocenters. The smallest absolute Gasteiger partial charge is 0.0591 e. The van der Waals surface area contributed by atoms with E-state index in [1.165, 1.54) is 0 Å². The number of nitrogens with one attached hydrogen (secondary N) is 1.